The Kier molecular flexibility index (Phi) is 5.30. The molecular formula is C17H18N2O4. The molecule has 0 saturated heterocycles. The van der Waals surface area contributed by atoms with Gasteiger partial charge in [-0.05, 0) is 38.1 Å². The van der Waals surface area contributed by atoms with Crippen LogP contribution in [-0.4, -0.2) is 23.5 Å². The third-order valence-corrected chi connectivity index (χ3v) is 3.23. The fourth-order valence-corrected chi connectivity index (χ4v) is 2.20. The van der Waals surface area contributed by atoms with E-state index in [1.165, 1.54) is 24.3 Å². The number of amides is 1. The Bertz CT molecular complexity index is 669. The molecule has 120 valence electrons. The lowest BCUT2D eigenvalue weighted by atomic mass is 10.2. The number of anilines is 1. The monoisotopic (exact) mass is 314 g/mol. The molecule has 0 heterocycles. The lowest BCUT2D eigenvalue weighted by Gasteiger charge is -2.26. The highest BCUT2D eigenvalue weighted by Crippen LogP contribution is 2.19. The summed E-state index contributed by atoms with van der Waals surface area (Å²) >= 11 is 0. The SMILES string of the molecule is CC(C)N(C(=O)COc1ccc([N+](=O)[O-])cc1)c1ccccc1. The van der Waals surface area contributed by atoms with Crippen LogP contribution in [0.15, 0.2) is 54.6 Å². The Morgan fingerprint density at radius 2 is 1.74 bits per heavy atom. The fourth-order valence-electron chi connectivity index (χ4n) is 2.20. The molecule has 0 aliphatic carbocycles. The van der Waals surface area contributed by atoms with Gasteiger partial charge in [-0.1, -0.05) is 18.2 Å². The average Bonchev–Trinajstić information content (AvgIpc) is 2.54. The zero-order chi connectivity index (χ0) is 16.8. The molecule has 0 spiro atoms. The Labute approximate surface area is 134 Å². The first-order valence-electron chi connectivity index (χ1n) is 7.23. The molecule has 2 aromatic carbocycles. The van der Waals surface area contributed by atoms with E-state index in [1.54, 1.807) is 4.90 Å². The van der Waals surface area contributed by atoms with E-state index in [0.29, 0.717) is 5.75 Å². The van der Waals surface area contributed by atoms with E-state index in [4.69, 9.17) is 4.74 Å². The summed E-state index contributed by atoms with van der Waals surface area (Å²) < 4.78 is 5.44. The summed E-state index contributed by atoms with van der Waals surface area (Å²) in [5.41, 5.74) is 0.788. The summed E-state index contributed by atoms with van der Waals surface area (Å²) in [5.74, 6) is 0.241. The fraction of sp³-hybridized carbons (Fsp3) is 0.235. The van der Waals surface area contributed by atoms with Crippen LogP contribution in [0.4, 0.5) is 11.4 Å². The molecule has 0 unspecified atom stereocenters. The molecule has 2 rings (SSSR count). The van der Waals surface area contributed by atoms with Crippen molar-refractivity contribution in [3.8, 4) is 5.75 Å². The second-order valence-corrected chi connectivity index (χ2v) is 5.23. The van der Waals surface area contributed by atoms with E-state index >= 15 is 0 Å². The summed E-state index contributed by atoms with van der Waals surface area (Å²) in [5, 5.41) is 10.6. The summed E-state index contributed by atoms with van der Waals surface area (Å²) in [6.45, 7) is 3.72. The largest absolute Gasteiger partial charge is 0.484 e. The highest BCUT2D eigenvalue weighted by molar-refractivity contribution is 5.94. The van der Waals surface area contributed by atoms with Gasteiger partial charge < -0.3 is 9.64 Å². The molecular weight excluding hydrogens is 296 g/mol. The van der Waals surface area contributed by atoms with E-state index in [-0.39, 0.29) is 24.2 Å². The molecule has 0 saturated carbocycles. The summed E-state index contributed by atoms with van der Waals surface area (Å²) in [7, 11) is 0. The van der Waals surface area contributed by atoms with Crippen LogP contribution < -0.4 is 9.64 Å². The van der Waals surface area contributed by atoms with Crippen molar-refractivity contribution in [2.45, 2.75) is 19.9 Å². The van der Waals surface area contributed by atoms with Crippen molar-refractivity contribution < 1.29 is 14.5 Å². The van der Waals surface area contributed by atoms with Gasteiger partial charge in [0.2, 0.25) is 0 Å². The van der Waals surface area contributed by atoms with Crippen LogP contribution in [-0.2, 0) is 4.79 Å². The third-order valence-electron chi connectivity index (χ3n) is 3.23. The Morgan fingerprint density at radius 3 is 2.26 bits per heavy atom. The topological polar surface area (TPSA) is 72.7 Å². The summed E-state index contributed by atoms with van der Waals surface area (Å²) in [4.78, 5) is 24.2. The number of nitro benzene ring substituents is 1. The standard InChI is InChI=1S/C17H18N2O4/c1-13(2)18(14-6-4-3-5-7-14)17(20)12-23-16-10-8-15(9-11-16)19(21)22/h3-11,13H,12H2,1-2H3. The lowest BCUT2D eigenvalue weighted by molar-refractivity contribution is -0.384. The van der Waals surface area contributed by atoms with Crippen molar-refractivity contribution in [3.63, 3.8) is 0 Å². The second kappa shape index (κ2) is 7.40. The number of para-hydroxylation sites is 1. The van der Waals surface area contributed by atoms with Crippen LogP contribution in [0.5, 0.6) is 5.75 Å². The predicted octanol–water partition coefficient (Wildman–Crippen LogP) is 3.42. The molecule has 0 atom stereocenters. The van der Waals surface area contributed by atoms with Gasteiger partial charge in [0.25, 0.3) is 11.6 Å². The van der Waals surface area contributed by atoms with Gasteiger partial charge in [-0.25, -0.2) is 0 Å². The van der Waals surface area contributed by atoms with Crippen molar-refractivity contribution in [2.24, 2.45) is 0 Å². The Balaban J connectivity index is 2.03. The van der Waals surface area contributed by atoms with Crippen molar-refractivity contribution in [2.75, 3.05) is 11.5 Å². The minimum Gasteiger partial charge on any atom is -0.484 e. The zero-order valence-corrected chi connectivity index (χ0v) is 13.0. The van der Waals surface area contributed by atoms with Crippen LogP contribution in [0, 0.1) is 10.1 Å². The first-order valence-corrected chi connectivity index (χ1v) is 7.23. The smallest absolute Gasteiger partial charge is 0.269 e. The quantitative estimate of drug-likeness (QED) is 0.605. The number of non-ortho nitro benzene ring substituents is 1. The number of rotatable bonds is 6. The van der Waals surface area contributed by atoms with Crippen molar-refractivity contribution >= 4 is 17.3 Å². The Hall–Kier alpha value is -2.89. The van der Waals surface area contributed by atoms with Gasteiger partial charge in [-0.3, -0.25) is 14.9 Å². The third kappa shape index (κ3) is 4.29. The molecule has 1 amide bonds. The van der Waals surface area contributed by atoms with Gasteiger partial charge >= 0.3 is 0 Å². The highest BCUT2D eigenvalue weighted by atomic mass is 16.6. The van der Waals surface area contributed by atoms with Gasteiger partial charge in [-0.2, -0.15) is 0 Å². The average molecular weight is 314 g/mol. The molecule has 6 nitrogen and oxygen atoms in total. The summed E-state index contributed by atoms with van der Waals surface area (Å²) in [6, 6.07) is 15.0. The van der Waals surface area contributed by atoms with Crippen molar-refractivity contribution in [1.82, 2.24) is 0 Å². The van der Waals surface area contributed by atoms with Gasteiger partial charge in [0.1, 0.15) is 5.75 Å². The van der Waals surface area contributed by atoms with E-state index in [9.17, 15) is 14.9 Å². The van der Waals surface area contributed by atoms with Gasteiger partial charge in [0.05, 0.1) is 4.92 Å². The van der Waals surface area contributed by atoms with Gasteiger partial charge in [-0.15, -0.1) is 0 Å². The molecule has 0 aromatic heterocycles. The molecule has 6 heteroatoms. The molecule has 0 radical (unpaired) electrons. The first kappa shape index (κ1) is 16.5. The van der Waals surface area contributed by atoms with E-state index < -0.39 is 4.92 Å². The number of hydrogen-bond donors (Lipinski definition) is 0. The molecule has 0 aliphatic rings. The van der Waals surface area contributed by atoms with Crippen LogP contribution in [0.25, 0.3) is 0 Å². The molecule has 0 fully saturated rings. The highest BCUT2D eigenvalue weighted by Gasteiger charge is 2.19. The van der Waals surface area contributed by atoms with Gasteiger partial charge in [0.15, 0.2) is 6.61 Å². The normalized spacial score (nSPS) is 10.4. The maximum Gasteiger partial charge on any atom is 0.269 e. The van der Waals surface area contributed by atoms with E-state index in [2.05, 4.69) is 0 Å². The first-order chi connectivity index (χ1) is 11.0. The molecule has 0 N–H and O–H groups in total. The van der Waals surface area contributed by atoms with E-state index in [1.807, 2.05) is 44.2 Å². The zero-order valence-electron chi connectivity index (χ0n) is 13.0. The number of carbonyl (C=O) groups is 1. The maximum absolute atomic E-state index is 12.4. The van der Waals surface area contributed by atoms with Crippen LogP contribution in [0.1, 0.15) is 13.8 Å². The lowest BCUT2D eigenvalue weighted by Crippen LogP contribution is -2.40. The molecule has 23 heavy (non-hydrogen) atoms. The molecule has 2 aromatic rings. The number of hydrogen-bond acceptors (Lipinski definition) is 4. The maximum atomic E-state index is 12.4. The number of nitrogens with zero attached hydrogens (tertiary/aromatic N) is 2. The predicted molar refractivity (Wildman–Crippen MR) is 87.7 cm³/mol. The number of carbonyl (C=O) groups excluding carboxylic acids is 1. The van der Waals surface area contributed by atoms with Gasteiger partial charge in [0, 0.05) is 23.9 Å². The number of benzene rings is 2. The number of nitro groups is 1. The molecule has 0 bridgehead atoms. The minimum atomic E-state index is -0.481. The number of ether oxygens (including phenoxy) is 1. The van der Waals surface area contributed by atoms with Crippen molar-refractivity contribution in [3.05, 3.63) is 64.7 Å². The van der Waals surface area contributed by atoms with Crippen LogP contribution in [0.3, 0.4) is 0 Å². The van der Waals surface area contributed by atoms with Crippen molar-refractivity contribution in [1.29, 1.82) is 0 Å². The van der Waals surface area contributed by atoms with E-state index in [0.717, 1.165) is 5.69 Å². The van der Waals surface area contributed by atoms with Crippen LogP contribution in [0.2, 0.25) is 0 Å². The summed E-state index contributed by atoms with van der Waals surface area (Å²) in [6.07, 6.45) is 0. The molecule has 0 aliphatic heterocycles. The minimum absolute atomic E-state index is 0.00893. The van der Waals surface area contributed by atoms with Crippen LogP contribution >= 0.6 is 0 Å². The Morgan fingerprint density at radius 1 is 1.13 bits per heavy atom. The second-order valence-electron chi connectivity index (χ2n) is 5.23.